The molecule has 0 amide bonds. The van der Waals surface area contributed by atoms with Gasteiger partial charge in [0.05, 0.1) is 16.6 Å². The van der Waals surface area contributed by atoms with Crippen LogP contribution >= 0.6 is 0 Å². The number of aromatic nitrogens is 4. The van der Waals surface area contributed by atoms with Crippen molar-refractivity contribution in [1.29, 1.82) is 0 Å². The molecule has 10 aromatic rings. The summed E-state index contributed by atoms with van der Waals surface area (Å²) in [7, 11) is 0. The summed E-state index contributed by atoms with van der Waals surface area (Å²) in [5.74, 6) is 0. The number of hydrogen-bond acceptors (Lipinski definition) is 4. The van der Waals surface area contributed by atoms with Crippen molar-refractivity contribution in [1.82, 2.24) is 19.9 Å². The number of hydrogen-bond donors (Lipinski definition) is 0. The summed E-state index contributed by atoms with van der Waals surface area (Å²) in [5.41, 5.74) is 16.1. The van der Waals surface area contributed by atoms with Gasteiger partial charge in [-0.3, -0.25) is 19.9 Å². The fourth-order valence-corrected chi connectivity index (χ4v) is 6.81. The Morgan fingerprint density at radius 1 is 0.257 bits per heavy atom. The Morgan fingerprint density at radius 3 is 0.986 bits per heavy atom. The Balaban J connectivity index is 0.000000418. The molecule has 0 N–H and O–H groups in total. The largest absolute Gasteiger partial charge is 0.264 e. The molecule has 0 radical (unpaired) electrons. The van der Waals surface area contributed by atoms with E-state index >= 15 is 0 Å². The molecule has 0 saturated heterocycles. The minimum Gasteiger partial charge on any atom is -0.264 e. The van der Waals surface area contributed by atoms with Gasteiger partial charge < -0.3 is 0 Å². The van der Waals surface area contributed by atoms with Crippen molar-refractivity contribution in [2.75, 3.05) is 0 Å². The van der Waals surface area contributed by atoms with Gasteiger partial charge in [-0.15, -0.1) is 0 Å². The normalized spacial score (nSPS) is 9.43. The van der Waals surface area contributed by atoms with Crippen LogP contribution in [0.25, 0.3) is 54.3 Å². The van der Waals surface area contributed by atoms with Crippen molar-refractivity contribution in [3.05, 3.63) is 214 Å². The summed E-state index contributed by atoms with van der Waals surface area (Å²) in [4.78, 5) is 17.3. The second kappa shape index (κ2) is 33.7. The van der Waals surface area contributed by atoms with Gasteiger partial charge in [0.2, 0.25) is 0 Å². The standard InChI is InChI=1S/C12H12.4C11H11N.5C2H6/c1-9-7-11-5-3-4-6-12(11)8-10(9)2;1-8-5-10-3-4-12-7-11(10)6-9(8)2;1-8-6-10-4-3-5-12-11(10)7-9(8)2;2*1-8-7-10-5-3-4-6-11(10)12-9(8)2;5*1-2/h3-8H,1-2H3;4*3-7H,1-2H3;5*1-2H3. The first-order chi connectivity index (χ1) is 33.9. The van der Waals surface area contributed by atoms with Gasteiger partial charge in [0.25, 0.3) is 0 Å². The van der Waals surface area contributed by atoms with E-state index < -0.39 is 0 Å². The lowest BCUT2D eigenvalue weighted by atomic mass is 10.0. The summed E-state index contributed by atoms with van der Waals surface area (Å²) in [6, 6.07) is 48.5. The Labute approximate surface area is 424 Å². The van der Waals surface area contributed by atoms with E-state index in [2.05, 4.69) is 166 Å². The van der Waals surface area contributed by atoms with Gasteiger partial charge in [-0.05, 0) is 185 Å². The summed E-state index contributed by atoms with van der Waals surface area (Å²) < 4.78 is 0. The zero-order valence-corrected chi connectivity index (χ0v) is 46.8. The van der Waals surface area contributed by atoms with Gasteiger partial charge in [-0.1, -0.05) is 154 Å². The van der Waals surface area contributed by atoms with E-state index in [9.17, 15) is 0 Å². The number of para-hydroxylation sites is 2. The molecule has 0 spiro atoms. The van der Waals surface area contributed by atoms with Crippen LogP contribution in [0.15, 0.2) is 158 Å². The Bertz CT molecular complexity index is 2370. The molecule has 0 bridgehead atoms. The molecule has 6 aromatic carbocycles. The zero-order valence-electron chi connectivity index (χ0n) is 46.8. The molecule has 0 saturated carbocycles. The second-order valence-corrected chi connectivity index (χ2v) is 15.7. The molecule has 0 aliphatic rings. The molecule has 10 rings (SSSR count). The first-order valence-corrected chi connectivity index (χ1v) is 25.6. The summed E-state index contributed by atoms with van der Waals surface area (Å²) in [5, 5.41) is 8.83. The molecule has 370 valence electrons. The number of fused-ring (bicyclic) bond motifs is 5. The highest BCUT2D eigenvalue weighted by Crippen LogP contribution is 2.20. The van der Waals surface area contributed by atoms with Gasteiger partial charge >= 0.3 is 0 Å². The van der Waals surface area contributed by atoms with E-state index in [1.54, 1.807) is 0 Å². The van der Waals surface area contributed by atoms with Crippen LogP contribution in [-0.4, -0.2) is 19.9 Å². The average Bonchev–Trinajstić information content (AvgIpc) is 3.39. The van der Waals surface area contributed by atoms with Crippen molar-refractivity contribution in [3.8, 4) is 0 Å². The van der Waals surface area contributed by atoms with E-state index in [1.165, 1.54) is 82.2 Å². The van der Waals surface area contributed by atoms with Gasteiger partial charge in [0.1, 0.15) is 0 Å². The third kappa shape index (κ3) is 19.0. The first-order valence-electron chi connectivity index (χ1n) is 25.6. The predicted octanol–water partition coefficient (Wildman–Crippen LogP) is 20.0. The maximum absolute atomic E-state index is 4.48. The lowest BCUT2D eigenvalue weighted by Gasteiger charge is -2.02. The van der Waals surface area contributed by atoms with Crippen molar-refractivity contribution < 1.29 is 0 Å². The summed E-state index contributed by atoms with van der Waals surface area (Å²) >= 11 is 0. The quantitative estimate of drug-likeness (QED) is 0.152. The monoisotopic (exact) mass is 935 g/mol. The molecular formula is C66H86N4. The molecular weight excluding hydrogens is 849 g/mol. The first kappa shape index (κ1) is 61.2. The van der Waals surface area contributed by atoms with E-state index in [0.29, 0.717) is 0 Å². The number of aryl methyl sites for hydroxylation is 10. The Hall–Kier alpha value is -6.78. The molecule has 0 unspecified atom stereocenters. The number of rotatable bonds is 0. The lowest BCUT2D eigenvalue weighted by Crippen LogP contribution is -1.87. The van der Waals surface area contributed by atoms with Crippen molar-refractivity contribution in [2.24, 2.45) is 0 Å². The third-order valence-electron chi connectivity index (χ3n) is 11.2. The van der Waals surface area contributed by atoms with Gasteiger partial charge in [-0.25, -0.2) is 0 Å². The Kier molecular flexibility index (Phi) is 29.5. The molecule has 0 aliphatic carbocycles. The van der Waals surface area contributed by atoms with Crippen molar-refractivity contribution >= 4 is 54.3 Å². The van der Waals surface area contributed by atoms with E-state index in [4.69, 9.17) is 0 Å². The molecule has 70 heavy (non-hydrogen) atoms. The minimum atomic E-state index is 1.08. The maximum atomic E-state index is 4.48. The fraction of sp³-hybridized carbons (Fsp3) is 0.303. The van der Waals surface area contributed by atoms with Crippen molar-refractivity contribution in [2.45, 2.75) is 138 Å². The lowest BCUT2D eigenvalue weighted by molar-refractivity contribution is 1.20. The maximum Gasteiger partial charge on any atom is 0.0705 e. The van der Waals surface area contributed by atoms with Crippen molar-refractivity contribution in [3.63, 3.8) is 0 Å². The fourth-order valence-electron chi connectivity index (χ4n) is 6.81. The molecule has 4 heteroatoms. The van der Waals surface area contributed by atoms with Crippen LogP contribution in [0.4, 0.5) is 0 Å². The Morgan fingerprint density at radius 2 is 0.557 bits per heavy atom. The van der Waals surface area contributed by atoms with E-state index in [0.717, 1.165) is 27.9 Å². The molecule has 0 aliphatic heterocycles. The molecule has 0 atom stereocenters. The van der Waals surface area contributed by atoms with Gasteiger partial charge in [0, 0.05) is 51.5 Å². The van der Waals surface area contributed by atoms with Crippen LogP contribution in [0.3, 0.4) is 0 Å². The number of benzene rings is 6. The van der Waals surface area contributed by atoms with E-state index in [-0.39, 0.29) is 0 Å². The predicted molar refractivity (Wildman–Crippen MR) is 315 cm³/mol. The zero-order chi connectivity index (χ0) is 52.8. The smallest absolute Gasteiger partial charge is 0.0705 e. The second-order valence-electron chi connectivity index (χ2n) is 15.7. The van der Waals surface area contributed by atoms with E-state index in [1.807, 2.05) is 150 Å². The SMILES string of the molecule is CC.CC.CC.CC.CC.Cc1cc2ccccc2cc1C.Cc1cc2ccccc2nc1C.Cc1cc2ccccc2nc1C.Cc1cc2cccnc2cc1C.Cc1cc2ccncc2cc1C. The topological polar surface area (TPSA) is 51.6 Å². The minimum absolute atomic E-state index is 1.08. The van der Waals surface area contributed by atoms with Crippen LogP contribution in [0.5, 0.6) is 0 Å². The highest BCUT2D eigenvalue weighted by Gasteiger charge is 2.00. The molecule has 4 aromatic heterocycles. The van der Waals surface area contributed by atoms with Gasteiger partial charge in [-0.2, -0.15) is 0 Å². The summed E-state index contributed by atoms with van der Waals surface area (Å²) in [6.45, 7) is 41.1. The molecule has 4 nitrogen and oxygen atoms in total. The van der Waals surface area contributed by atoms with Crippen LogP contribution in [-0.2, 0) is 0 Å². The highest BCUT2D eigenvalue weighted by molar-refractivity contribution is 5.85. The van der Waals surface area contributed by atoms with Crippen LogP contribution in [0.1, 0.15) is 125 Å². The number of nitrogens with zero attached hydrogens (tertiary/aromatic N) is 4. The highest BCUT2D eigenvalue weighted by atomic mass is 14.7. The van der Waals surface area contributed by atoms with Crippen LogP contribution < -0.4 is 0 Å². The van der Waals surface area contributed by atoms with Gasteiger partial charge in [0.15, 0.2) is 0 Å². The summed E-state index contributed by atoms with van der Waals surface area (Å²) in [6.07, 6.45) is 5.57. The third-order valence-corrected chi connectivity index (χ3v) is 11.2. The molecule has 0 fully saturated rings. The van der Waals surface area contributed by atoms with Crippen LogP contribution in [0, 0.1) is 69.2 Å². The molecule has 4 heterocycles. The van der Waals surface area contributed by atoms with Crippen LogP contribution in [0.2, 0.25) is 0 Å². The average molecular weight is 935 g/mol. The number of pyridine rings is 4.